The molecule has 0 aliphatic heterocycles. The summed E-state index contributed by atoms with van der Waals surface area (Å²) in [5.74, 6) is 1.14. The highest BCUT2D eigenvalue weighted by Crippen LogP contribution is 2.41. The van der Waals surface area contributed by atoms with E-state index in [-0.39, 0.29) is 5.28 Å². The fourth-order valence-electron chi connectivity index (χ4n) is 4.72. The van der Waals surface area contributed by atoms with Gasteiger partial charge in [0.15, 0.2) is 11.6 Å². The molecule has 5 heteroatoms. The predicted octanol–water partition coefficient (Wildman–Crippen LogP) is 9.05. The normalized spacial score (nSPS) is 11.5. The minimum Gasteiger partial charge on any atom is -0.208 e. The second-order valence-electron chi connectivity index (χ2n) is 8.67. The predicted molar refractivity (Wildman–Crippen MR) is 152 cm³/mol. The molecular formula is C31H18ClN3S. The molecule has 0 bridgehead atoms. The van der Waals surface area contributed by atoms with E-state index < -0.39 is 0 Å². The molecule has 170 valence electrons. The fraction of sp³-hybridized carbons (Fsp3) is 0. The molecule has 5 aromatic carbocycles. The largest absolute Gasteiger partial charge is 0.226 e. The number of fused-ring (bicyclic) bond motifs is 4. The maximum absolute atomic E-state index is 6.38. The third-order valence-electron chi connectivity index (χ3n) is 6.46. The van der Waals surface area contributed by atoms with E-state index >= 15 is 0 Å². The number of hydrogen-bond acceptors (Lipinski definition) is 4. The number of hydrogen-bond donors (Lipinski definition) is 0. The van der Waals surface area contributed by atoms with Gasteiger partial charge in [0.1, 0.15) is 0 Å². The highest BCUT2D eigenvalue weighted by Gasteiger charge is 2.14. The van der Waals surface area contributed by atoms with Crippen LogP contribution < -0.4 is 0 Å². The summed E-state index contributed by atoms with van der Waals surface area (Å²) < 4.78 is 2.47. The van der Waals surface area contributed by atoms with Gasteiger partial charge in [-0.3, -0.25) is 0 Å². The molecule has 2 aromatic heterocycles. The average Bonchev–Trinajstić information content (AvgIpc) is 3.31. The van der Waals surface area contributed by atoms with Gasteiger partial charge in [-0.15, -0.1) is 11.3 Å². The lowest BCUT2D eigenvalue weighted by atomic mass is 10.0. The van der Waals surface area contributed by atoms with Crippen molar-refractivity contribution in [1.82, 2.24) is 15.0 Å². The van der Waals surface area contributed by atoms with Gasteiger partial charge in [0, 0.05) is 31.3 Å². The van der Waals surface area contributed by atoms with E-state index in [1.165, 1.54) is 36.7 Å². The maximum Gasteiger partial charge on any atom is 0.226 e. The Balaban J connectivity index is 1.35. The van der Waals surface area contributed by atoms with Crippen LogP contribution in [-0.4, -0.2) is 15.0 Å². The van der Waals surface area contributed by atoms with E-state index in [2.05, 4.69) is 94.9 Å². The lowest BCUT2D eigenvalue weighted by Crippen LogP contribution is -1.97. The van der Waals surface area contributed by atoms with E-state index in [1.807, 2.05) is 24.3 Å². The van der Waals surface area contributed by atoms with Crippen LogP contribution in [0.15, 0.2) is 109 Å². The van der Waals surface area contributed by atoms with Crippen LogP contribution in [0.3, 0.4) is 0 Å². The van der Waals surface area contributed by atoms with Gasteiger partial charge in [-0.25, -0.2) is 4.98 Å². The van der Waals surface area contributed by atoms with Crippen LogP contribution in [0.1, 0.15) is 0 Å². The highest BCUT2D eigenvalue weighted by molar-refractivity contribution is 7.26. The van der Waals surface area contributed by atoms with Gasteiger partial charge in [0.25, 0.3) is 0 Å². The van der Waals surface area contributed by atoms with Gasteiger partial charge >= 0.3 is 0 Å². The zero-order valence-corrected chi connectivity index (χ0v) is 20.6. The van der Waals surface area contributed by atoms with Crippen molar-refractivity contribution in [2.24, 2.45) is 0 Å². The van der Waals surface area contributed by atoms with Crippen molar-refractivity contribution in [2.75, 3.05) is 0 Å². The van der Waals surface area contributed by atoms with Gasteiger partial charge in [-0.05, 0) is 45.6 Å². The Morgan fingerprint density at radius 3 is 2.08 bits per heavy atom. The summed E-state index contributed by atoms with van der Waals surface area (Å²) in [6.45, 7) is 0. The smallest absolute Gasteiger partial charge is 0.208 e. The minimum atomic E-state index is 0.186. The van der Waals surface area contributed by atoms with Crippen molar-refractivity contribution in [1.29, 1.82) is 0 Å². The number of halogens is 1. The van der Waals surface area contributed by atoms with Crippen LogP contribution in [0, 0.1) is 0 Å². The topological polar surface area (TPSA) is 38.7 Å². The molecule has 3 nitrogen and oxygen atoms in total. The third-order valence-corrected chi connectivity index (χ3v) is 7.83. The number of aromatic nitrogens is 3. The molecule has 7 aromatic rings. The summed E-state index contributed by atoms with van der Waals surface area (Å²) in [5, 5.41) is 4.98. The molecule has 0 amide bonds. The summed E-state index contributed by atoms with van der Waals surface area (Å²) in [6, 6.07) is 37.9. The van der Waals surface area contributed by atoms with Gasteiger partial charge in [0.05, 0.1) is 0 Å². The highest BCUT2D eigenvalue weighted by atomic mass is 35.5. The molecule has 7 rings (SSSR count). The van der Waals surface area contributed by atoms with E-state index in [0.29, 0.717) is 11.6 Å². The molecule has 0 saturated heterocycles. The first kappa shape index (κ1) is 21.2. The van der Waals surface area contributed by atoms with E-state index in [9.17, 15) is 0 Å². The number of thiophene rings is 1. The zero-order valence-electron chi connectivity index (χ0n) is 19.0. The molecule has 2 heterocycles. The number of rotatable bonds is 3. The maximum atomic E-state index is 6.38. The summed E-state index contributed by atoms with van der Waals surface area (Å²) in [7, 11) is 0. The van der Waals surface area contributed by atoms with Crippen LogP contribution in [-0.2, 0) is 0 Å². The van der Waals surface area contributed by atoms with Gasteiger partial charge in [-0.2, -0.15) is 9.97 Å². The van der Waals surface area contributed by atoms with Crippen molar-refractivity contribution in [3.8, 4) is 33.9 Å². The lowest BCUT2D eigenvalue weighted by molar-refractivity contribution is 1.07. The Bertz CT molecular complexity index is 1910. The van der Waals surface area contributed by atoms with Crippen LogP contribution in [0.4, 0.5) is 0 Å². The van der Waals surface area contributed by atoms with Crippen LogP contribution in [0.25, 0.3) is 64.8 Å². The van der Waals surface area contributed by atoms with Crippen LogP contribution >= 0.6 is 22.9 Å². The second kappa shape index (κ2) is 8.52. The molecule has 0 aliphatic rings. The van der Waals surface area contributed by atoms with Crippen molar-refractivity contribution < 1.29 is 0 Å². The van der Waals surface area contributed by atoms with Gasteiger partial charge < -0.3 is 0 Å². The van der Waals surface area contributed by atoms with Crippen molar-refractivity contribution in [2.45, 2.75) is 0 Å². The first-order valence-electron chi connectivity index (χ1n) is 11.6. The van der Waals surface area contributed by atoms with Crippen molar-refractivity contribution in [3.05, 3.63) is 114 Å². The van der Waals surface area contributed by atoms with Gasteiger partial charge in [0.2, 0.25) is 5.28 Å². The Hall–Kier alpha value is -4.12. The van der Waals surface area contributed by atoms with Crippen LogP contribution in [0.5, 0.6) is 0 Å². The molecule has 0 aliphatic carbocycles. The first-order chi connectivity index (χ1) is 17.7. The third kappa shape index (κ3) is 3.63. The van der Waals surface area contributed by atoms with Crippen LogP contribution in [0.2, 0.25) is 5.28 Å². The summed E-state index contributed by atoms with van der Waals surface area (Å²) >= 11 is 8.17. The minimum absolute atomic E-state index is 0.186. The average molecular weight is 500 g/mol. The Morgan fingerprint density at radius 1 is 0.528 bits per heavy atom. The molecule has 0 saturated carbocycles. The molecule has 0 spiro atoms. The first-order valence-corrected chi connectivity index (χ1v) is 12.8. The Kier molecular flexibility index (Phi) is 5.01. The van der Waals surface area contributed by atoms with E-state index in [0.717, 1.165) is 16.5 Å². The van der Waals surface area contributed by atoms with E-state index in [4.69, 9.17) is 16.6 Å². The quantitative estimate of drug-likeness (QED) is 0.243. The Labute approximate surface area is 216 Å². The lowest BCUT2D eigenvalue weighted by Gasteiger charge is -2.06. The molecule has 0 fully saturated rings. The van der Waals surface area contributed by atoms with E-state index in [1.54, 1.807) is 11.3 Å². The molecule has 36 heavy (non-hydrogen) atoms. The van der Waals surface area contributed by atoms with Crippen molar-refractivity contribution >= 4 is 53.9 Å². The number of benzene rings is 5. The molecular weight excluding hydrogens is 482 g/mol. The van der Waals surface area contributed by atoms with Gasteiger partial charge in [-0.1, -0.05) is 97.1 Å². The zero-order chi connectivity index (χ0) is 24.1. The second-order valence-corrected chi connectivity index (χ2v) is 10.1. The molecule has 0 unspecified atom stereocenters. The summed E-state index contributed by atoms with van der Waals surface area (Å²) in [6.07, 6.45) is 0. The van der Waals surface area contributed by atoms with Crippen molar-refractivity contribution in [3.63, 3.8) is 0 Å². The fourth-order valence-corrected chi connectivity index (χ4v) is 6.16. The molecule has 0 N–H and O–H groups in total. The summed E-state index contributed by atoms with van der Waals surface area (Å²) in [5.41, 5.74) is 4.30. The SMILES string of the molecule is Clc1nc(-c2ccc3ccccc3c2)nc(-c2ccc3c(c2)sc2c(-c4ccccc4)cccc23)n1. The summed E-state index contributed by atoms with van der Waals surface area (Å²) in [4.78, 5) is 13.7. The Morgan fingerprint density at radius 2 is 1.25 bits per heavy atom. The number of nitrogens with zero attached hydrogens (tertiary/aromatic N) is 3. The molecule has 0 atom stereocenters. The monoisotopic (exact) mass is 499 g/mol. The standard InChI is InChI=1S/C31H18ClN3S/c32-31-34-29(22-14-13-19-7-4-5-10-21(19)17-22)33-30(35-31)23-15-16-25-26-12-6-11-24(20-8-2-1-3-9-20)28(26)36-27(25)18-23/h1-18H. The molecule has 0 radical (unpaired) electrons.